The Morgan fingerprint density at radius 3 is 2.40 bits per heavy atom. The highest BCUT2D eigenvalue weighted by molar-refractivity contribution is 5.25. The van der Waals surface area contributed by atoms with Crippen molar-refractivity contribution in [3.05, 3.63) is 29.8 Å². The molecule has 0 bridgehead atoms. The Balaban J connectivity index is 2.07. The molecule has 0 saturated carbocycles. The molecule has 1 aromatic rings. The molecule has 2 nitrogen and oxygen atoms in total. The molecule has 0 saturated heterocycles. The quantitative estimate of drug-likeness (QED) is 0.674. The molecule has 0 aliphatic rings. The molecule has 2 heteroatoms. The summed E-state index contributed by atoms with van der Waals surface area (Å²) in [6.07, 6.45) is 4.76. The van der Waals surface area contributed by atoms with Crippen molar-refractivity contribution in [3.63, 3.8) is 0 Å². The van der Waals surface area contributed by atoms with Crippen molar-refractivity contribution in [2.45, 2.75) is 32.6 Å². The third-order valence-corrected chi connectivity index (χ3v) is 2.46. The van der Waals surface area contributed by atoms with Crippen LogP contribution in [0.5, 0.6) is 5.75 Å². The van der Waals surface area contributed by atoms with Crippen LogP contribution in [0.2, 0.25) is 0 Å². The summed E-state index contributed by atoms with van der Waals surface area (Å²) < 4.78 is 0. The second kappa shape index (κ2) is 7.30. The van der Waals surface area contributed by atoms with Crippen molar-refractivity contribution in [2.75, 3.05) is 13.1 Å². The smallest absolute Gasteiger partial charge is 0.115 e. The zero-order chi connectivity index (χ0) is 10.9. The van der Waals surface area contributed by atoms with Gasteiger partial charge in [-0.1, -0.05) is 25.5 Å². The molecular formula is C13H21NO. The topological polar surface area (TPSA) is 32.3 Å². The van der Waals surface area contributed by atoms with Gasteiger partial charge in [0, 0.05) is 0 Å². The molecule has 1 rings (SSSR count). The Morgan fingerprint density at radius 2 is 1.73 bits per heavy atom. The maximum atomic E-state index is 9.11. The molecule has 15 heavy (non-hydrogen) atoms. The average molecular weight is 207 g/mol. The van der Waals surface area contributed by atoms with Gasteiger partial charge in [-0.15, -0.1) is 0 Å². The van der Waals surface area contributed by atoms with Crippen LogP contribution in [0.1, 0.15) is 31.7 Å². The van der Waals surface area contributed by atoms with Gasteiger partial charge in [0.1, 0.15) is 5.75 Å². The van der Waals surface area contributed by atoms with Gasteiger partial charge in [-0.25, -0.2) is 0 Å². The number of nitrogens with one attached hydrogen (secondary N) is 1. The molecule has 0 aromatic heterocycles. The zero-order valence-electron chi connectivity index (χ0n) is 9.50. The van der Waals surface area contributed by atoms with E-state index in [4.69, 9.17) is 5.11 Å². The number of phenolic OH excluding ortho intramolecular Hbond substituents is 1. The minimum absolute atomic E-state index is 0.347. The van der Waals surface area contributed by atoms with E-state index in [-0.39, 0.29) is 0 Å². The number of aryl methyl sites for hydroxylation is 1. The Bertz CT molecular complexity index is 256. The van der Waals surface area contributed by atoms with Gasteiger partial charge < -0.3 is 10.4 Å². The number of hydrogen-bond donors (Lipinski definition) is 2. The molecule has 0 aliphatic heterocycles. The summed E-state index contributed by atoms with van der Waals surface area (Å²) in [5.41, 5.74) is 1.30. The number of hydrogen-bond acceptors (Lipinski definition) is 2. The summed E-state index contributed by atoms with van der Waals surface area (Å²) in [5.74, 6) is 0.347. The van der Waals surface area contributed by atoms with E-state index in [0.29, 0.717) is 5.75 Å². The van der Waals surface area contributed by atoms with E-state index in [1.807, 2.05) is 12.1 Å². The fraction of sp³-hybridized carbons (Fsp3) is 0.538. The summed E-state index contributed by atoms with van der Waals surface area (Å²) >= 11 is 0. The lowest BCUT2D eigenvalue weighted by Gasteiger charge is -2.04. The summed E-state index contributed by atoms with van der Waals surface area (Å²) in [7, 11) is 0. The lowest BCUT2D eigenvalue weighted by atomic mass is 10.1. The molecule has 0 spiro atoms. The van der Waals surface area contributed by atoms with E-state index in [1.54, 1.807) is 12.1 Å². The number of rotatable bonds is 7. The van der Waals surface area contributed by atoms with Crippen molar-refractivity contribution in [1.82, 2.24) is 5.32 Å². The highest BCUT2D eigenvalue weighted by Gasteiger charge is 1.93. The molecule has 0 fully saturated rings. The standard InChI is InChI=1S/C13H21NO/c1-2-3-10-14-11-4-5-12-6-8-13(15)9-7-12/h6-9,14-15H,2-5,10-11H2,1H3. The molecule has 1 aromatic carbocycles. The van der Waals surface area contributed by atoms with Crippen molar-refractivity contribution in [3.8, 4) is 5.75 Å². The van der Waals surface area contributed by atoms with Crippen LogP contribution >= 0.6 is 0 Å². The number of unbranched alkanes of at least 4 members (excludes halogenated alkanes) is 1. The van der Waals surface area contributed by atoms with Crippen LogP contribution < -0.4 is 5.32 Å². The third-order valence-electron chi connectivity index (χ3n) is 2.46. The van der Waals surface area contributed by atoms with Gasteiger partial charge in [-0.2, -0.15) is 0 Å². The van der Waals surface area contributed by atoms with Gasteiger partial charge in [0.25, 0.3) is 0 Å². The van der Waals surface area contributed by atoms with Crippen LogP contribution in [0.15, 0.2) is 24.3 Å². The monoisotopic (exact) mass is 207 g/mol. The maximum absolute atomic E-state index is 9.11. The Labute approximate surface area is 92.3 Å². The SMILES string of the molecule is CCCCNCCCc1ccc(O)cc1. The number of phenols is 1. The van der Waals surface area contributed by atoms with Gasteiger partial charge in [0.05, 0.1) is 0 Å². The molecule has 0 unspecified atom stereocenters. The van der Waals surface area contributed by atoms with E-state index >= 15 is 0 Å². The van der Waals surface area contributed by atoms with Crippen LogP contribution in [0.25, 0.3) is 0 Å². The highest BCUT2D eigenvalue weighted by atomic mass is 16.3. The predicted octanol–water partition coefficient (Wildman–Crippen LogP) is 2.71. The average Bonchev–Trinajstić information content (AvgIpc) is 2.26. The molecule has 0 amide bonds. The van der Waals surface area contributed by atoms with E-state index in [0.717, 1.165) is 25.9 Å². The first-order valence-electron chi connectivity index (χ1n) is 5.81. The summed E-state index contributed by atoms with van der Waals surface area (Å²) in [6, 6.07) is 7.47. The van der Waals surface area contributed by atoms with E-state index in [9.17, 15) is 0 Å². The van der Waals surface area contributed by atoms with Crippen LogP contribution in [0.4, 0.5) is 0 Å². The first-order valence-corrected chi connectivity index (χ1v) is 5.81. The predicted molar refractivity (Wildman–Crippen MR) is 64.2 cm³/mol. The fourth-order valence-electron chi connectivity index (χ4n) is 1.51. The molecule has 0 radical (unpaired) electrons. The number of aromatic hydroxyl groups is 1. The van der Waals surface area contributed by atoms with Gasteiger partial charge in [0.2, 0.25) is 0 Å². The van der Waals surface area contributed by atoms with Gasteiger partial charge in [-0.05, 0) is 50.0 Å². The van der Waals surface area contributed by atoms with Crippen molar-refractivity contribution >= 4 is 0 Å². The largest absolute Gasteiger partial charge is 0.508 e. The van der Waals surface area contributed by atoms with Gasteiger partial charge in [-0.3, -0.25) is 0 Å². The van der Waals surface area contributed by atoms with Gasteiger partial charge in [0.15, 0.2) is 0 Å². The molecule has 0 aliphatic carbocycles. The van der Waals surface area contributed by atoms with Crippen LogP contribution in [0, 0.1) is 0 Å². The normalized spacial score (nSPS) is 10.5. The Kier molecular flexibility index (Phi) is 5.86. The second-order valence-electron chi connectivity index (χ2n) is 3.87. The van der Waals surface area contributed by atoms with Crippen molar-refractivity contribution < 1.29 is 5.11 Å². The van der Waals surface area contributed by atoms with Crippen LogP contribution in [0.3, 0.4) is 0 Å². The van der Waals surface area contributed by atoms with Crippen molar-refractivity contribution in [1.29, 1.82) is 0 Å². The molecule has 0 heterocycles. The summed E-state index contributed by atoms with van der Waals surface area (Å²) in [5, 5.41) is 12.5. The van der Waals surface area contributed by atoms with E-state index in [1.165, 1.54) is 18.4 Å². The minimum Gasteiger partial charge on any atom is -0.508 e. The summed E-state index contributed by atoms with van der Waals surface area (Å²) in [6.45, 7) is 4.42. The Morgan fingerprint density at radius 1 is 1.07 bits per heavy atom. The molecule has 84 valence electrons. The fourth-order valence-corrected chi connectivity index (χ4v) is 1.51. The van der Waals surface area contributed by atoms with Crippen LogP contribution in [-0.2, 0) is 6.42 Å². The zero-order valence-corrected chi connectivity index (χ0v) is 9.50. The van der Waals surface area contributed by atoms with Crippen LogP contribution in [-0.4, -0.2) is 18.2 Å². The first kappa shape index (κ1) is 12.1. The lowest BCUT2D eigenvalue weighted by molar-refractivity contribution is 0.475. The molecule has 0 atom stereocenters. The lowest BCUT2D eigenvalue weighted by Crippen LogP contribution is -2.16. The third kappa shape index (κ3) is 5.43. The Hall–Kier alpha value is -1.02. The summed E-state index contributed by atoms with van der Waals surface area (Å²) in [4.78, 5) is 0. The maximum Gasteiger partial charge on any atom is 0.115 e. The van der Waals surface area contributed by atoms with Crippen molar-refractivity contribution in [2.24, 2.45) is 0 Å². The van der Waals surface area contributed by atoms with E-state index < -0.39 is 0 Å². The first-order chi connectivity index (χ1) is 7.33. The number of benzene rings is 1. The minimum atomic E-state index is 0.347. The second-order valence-corrected chi connectivity index (χ2v) is 3.87. The molecule has 2 N–H and O–H groups in total. The highest BCUT2D eigenvalue weighted by Crippen LogP contribution is 2.10. The van der Waals surface area contributed by atoms with E-state index in [2.05, 4.69) is 12.2 Å². The molecular weight excluding hydrogens is 186 g/mol. The van der Waals surface area contributed by atoms with Gasteiger partial charge >= 0.3 is 0 Å².